The molecular formula is C13H19BF3NO3. The zero-order valence-corrected chi connectivity index (χ0v) is 12.2. The van der Waals surface area contributed by atoms with E-state index >= 15 is 0 Å². The first kappa shape index (κ1) is 17.8. The molecular weight excluding hydrogens is 286 g/mol. The smallest absolute Gasteiger partial charge is 0.488 e. The molecule has 8 heteroatoms. The lowest BCUT2D eigenvalue weighted by molar-refractivity contribution is -0.150. The van der Waals surface area contributed by atoms with Crippen molar-refractivity contribution in [3.05, 3.63) is 23.8 Å². The van der Waals surface area contributed by atoms with Crippen molar-refractivity contribution in [2.45, 2.75) is 32.6 Å². The molecule has 1 aromatic rings. The van der Waals surface area contributed by atoms with Gasteiger partial charge in [-0.25, -0.2) is 0 Å². The van der Waals surface area contributed by atoms with E-state index in [2.05, 4.69) is 0 Å². The van der Waals surface area contributed by atoms with Crippen molar-refractivity contribution in [1.29, 1.82) is 0 Å². The van der Waals surface area contributed by atoms with Crippen molar-refractivity contribution >= 4 is 12.6 Å². The minimum atomic E-state index is -4.30. The van der Waals surface area contributed by atoms with Gasteiger partial charge in [-0.1, -0.05) is 12.1 Å². The molecule has 0 fully saturated rings. The molecule has 0 aliphatic rings. The van der Waals surface area contributed by atoms with Gasteiger partial charge < -0.3 is 14.8 Å². The lowest BCUT2D eigenvalue weighted by Crippen LogP contribution is -2.39. The van der Waals surface area contributed by atoms with E-state index in [0.29, 0.717) is 11.3 Å². The fourth-order valence-electron chi connectivity index (χ4n) is 1.95. The molecule has 0 aliphatic carbocycles. The highest BCUT2D eigenvalue weighted by Crippen LogP contribution is 2.23. The molecule has 21 heavy (non-hydrogen) atoms. The first-order valence-electron chi connectivity index (χ1n) is 6.47. The Balaban J connectivity index is 3.04. The van der Waals surface area contributed by atoms with E-state index in [1.54, 1.807) is 13.8 Å². The van der Waals surface area contributed by atoms with Crippen molar-refractivity contribution < 1.29 is 28.0 Å². The number of alkyl halides is 3. The number of ether oxygens (including phenoxy) is 1. The number of hydrogen-bond donors (Lipinski definition) is 2. The molecule has 2 N–H and O–H groups in total. The van der Waals surface area contributed by atoms with Crippen LogP contribution in [0.5, 0.6) is 5.75 Å². The van der Waals surface area contributed by atoms with E-state index in [9.17, 15) is 13.2 Å². The van der Waals surface area contributed by atoms with Gasteiger partial charge in [-0.15, -0.1) is 0 Å². The summed E-state index contributed by atoms with van der Waals surface area (Å²) < 4.78 is 42.9. The summed E-state index contributed by atoms with van der Waals surface area (Å²) in [7, 11) is -0.262. The highest BCUT2D eigenvalue weighted by molar-refractivity contribution is 6.58. The average Bonchev–Trinajstić information content (AvgIpc) is 2.36. The SMILES string of the molecule is COc1ccc(B(O)O)cc1CN(CC(F)(F)F)C(C)C. The monoisotopic (exact) mass is 305 g/mol. The Morgan fingerprint density at radius 3 is 2.33 bits per heavy atom. The minimum Gasteiger partial charge on any atom is -0.496 e. The molecule has 0 unspecified atom stereocenters. The molecule has 1 rings (SSSR count). The summed E-state index contributed by atoms with van der Waals surface area (Å²) in [5.74, 6) is 0.409. The van der Waals surface area contributed by atoms with Gasteiger partial charge in [-0.2, -0.15) is 13.2 Å². The predicted octanol–water partition coefficient (Wildman–Crippen LogP) is 1.15. The van der Waals surface area contributed by atoms with E-state index in [-0.39, 0.29) is 18.0 Å². The zero-order valence-electron chi connectivity index (χ0n) is 12.2. The number of benzene rings is 1. The molecule has 0 radical (unpaired) electrons. The van der Waals surface area contributed by atoms with E-state index in [0.717, 1.165) is 0 Å². The van der Waals surface area contributed by atoms with Crippen LogP contribution in [0, 0.1) is 0 Å². The van der Waals surface area contributed by atoms with Crippen molar-refractivity contribution in [1.82, 2.24) is 4.90 Å². The van der Waals surface area contributed by atoms with E-state index in [1.165, 1.54) is 30.2 Å². The molecule has 118 valence electrons. The third kappa shape index (κ3) is 5.57. The van der Waals surface area contributed by atoms with Gasteiger partial charge >= 0.3 is 13.3 Å². The van der Waals surface area contributed by atoms with E-state index in [1.807, 2.05) is 0 Å². The quantitative estimate of drug-likeness (QED) is 0.774. The maximum atomic E-state index is 12.6. The molecule has 0 saturated carbocycles. The summed E-state index contributed by atoms with van der Waals surface area (Å²) in [5, 5.41) is 18.3. The molecule has 0 heterocycles. The van der Waals surface area contributed by atoms with Crippen LogP contribution < -0.4 is 10.2 Å². The van der Waals surface area contributed by atoms with Crippen LogP contribution in [-0.2, 0) is 6.54 Å². The van der Waals surface area contributed by atoms with Crippen LogP contribution in [0.15, 0.2) is 18.2 Å². The number of rotatable bonds is 6. The average molecular weight is 305 g/mol. The first-order chi connectivity index (χ1) is 9.64. The van der Waals surface area contributed by atoms with E-state index < -0.39 is 19.8 Å². The Bertz CT molecular complexity index is 466. The lowest BCUT2D eigenvalue weighted by Gasteiger charge is -2.28. The maximum absolute atomic E-state index is 12.6. The van der Waals surface area contributed by atoms with Gasteiger partial charge in [-0.05, 0) is 25.4 Å². The summed E-state index contributed by atoms with van der Waals surface area (Å²) >= 11 is 0. The Kier molecular flexibility index (Phi) is 6.06. The fraction of sp³-hybridized carbons (Fsp3) is 0.538. The molecule has 1 aromatic carbocycles. The molecule has 0 bridgehead atoms. The van der Waals surface area contributed by atoms with Crippen LogP contribution in [0.3, 0.4) is 0 Å². The third-order valence-electron chi connectivity index (χ3n) is 3.09. The molecule has 0 aromatic heterocycles. The number of halogens is 3. The van der Waals surface area contributed by atoms with Crippen LogP contribution in [-0.4, -0.2) is 47.9 Å². The van der Waals surface area contributed by atoms with Crippen molar-refractivity contribution in [3.8, 4) is 5.75 Å². The Labute approximate surface area is 122 Å². The van der Waals surface area contributed by atoms with Crippen LogP contribution >= 0.6 is 0 Å². The van der Waals surface area contributed by atoms with E-state index in [4.69, 9.17) is 14.8 Å². The summed E-state index contributed by atoms with van der Waals surface area (Å²) in [6.45, 7) is 2.30. The van der Waals surface area contributed by atoms with Gasteiger partial charge in [0, 0.05) is 18.2 Å². The summed E-state index contributed by atoms with van der Waals surface area (Å²) in [6, 6.07) is 4.08. The van der Waals surface area contributed by atoms with Crippen LogP contribution in [0.25, 0.3) is 0 Å². The number of hydrogen-bond acceptors (Lipinski definition) is 4. The van der Waals surface area contributed by atoms with Gasteiger partial charge in [0.1, 0.15) is 5.75 Å². The molecule has 0 spiro atoms. The van der Waals surface area contributed by atoms with Gasteiger partial charge in [0.15, 0.2) is 0 Å². The predicted molar refractivity (Wildman–Crippen MR) is 74.4 cm³/mol. The summed E-state index contributed by atoms with van der Waals surface area (Å²) in [5.41, 5.74) is 0.683. The second kappa shape index (κ2) is 7.15. The van der Waals surface area contributed by atoms with Crippen LogP contribution in [0.2, 0.25) is 0 Å². The zero-order chi connectivity index (χ0) is 16.2. The normalized spacial score (nSPS) is 12.1. The molecule has 0 saturated heterocycles. The minimum absolute atomic E-state index is 0.000903. The number of methoxy groups -OCH3 is 1. The summed E-state index contributed by atoms with van der Waals surface area (Å²) in [4.78, 5) is 1.24. The van der Waals surface area contributed by atoms with Crippen LogP contribution in [0.1, 0.15) is 19.4 Å². The van der Waals surface area contributed by atoms with Crippen molar-refractivity contribution in [2.24, 2.45) is 0 Å². The molecule has 0 atom stereocenters. The topological polar surface area (TPSA) is 52.9 Å². The third-order valence-corrected chi connectivity index (χ3v) is 3.09. The molecule has 0 aliphatic heterocycles. The van der Waals surface area contributed by atoms with Gasteiger partial charge in [0.2, 0.25) is 0 Å². The first-order valence-corrected chi connectivity index (χ1v) is 6.47. The van der Waals surface area contributed by atoms with Crippen molar-refractivity contribution in [3.63, 3.8) is 0 Å². The van der Waals surface area contributed by atoms with Crippen LogP contribution in [0.4, 0.5) is 13.2 Å². The maximum Gasteiger partial charge on any atom is 0.488 e. The number of nitrogens with zero attached hydrogens (tertiary/aromatic N) is 1. The highest BCUT2D eigenvalue weighted by Gasteiger charge is 2.32. The molecule has 0 amide bonds. The lowest BCUT2D eigenvalue weighted by atomic mass is 9.79. The van der Waals surface area contributed by atoms with Crippen molar-refractivity contribution in [2.75, 3.05) is 13.7 Å². The standard InChI is InChI=1S/C13H19BF3NO3/c1-9(2)18(8-13(15,16)17)7-10-6-11(14(19)20)4-5-12(10)21-3/h4-6,9,19-20H,7-8H2,1-3H3. The Hall–Kier alpha value is -1.25. The second-order valence-corrected chi connectivity index (χ2v) is 5.06. The van der Waals surface area contributed by atoms with Gasteiger partial charge in [-0.3, -0.25) is 4.90 Å². The fourth-order valence-corrected chi connectivity index (χ4v) is 1.95. The Morgan fingerprint density at radius 2 is 1.90 bits per heavy atom. The summed E-state index contributed by atoms with van der Waals surface area (Å²) in [6.07, 6.45) is -4.30. The van der Waals surface area contributed by atoms with Gasteiger partial charge in [0.05, 0.1) is 13.7 Å². The Morgan fingerprint density at radius 1 is 1.29 bits per heavy atom. The molecule has 4 nitrogen and oxygen atoms in total. The second-order valence-electron chi connectivity index (χ2n) is 5.06. The largest absolute Gasteiger partial charge is 0.496 e. The van der Waals surface area contributed by atoms with Gasteiger partial charge in [0.25, 0.3) is 0 Å². The highest BCUT2D eigenvalue weighted by atomic mass is 19.4.